The van der Waals surface area contributed by atoms with Crippen molar-refractivity contribution in [1.82, 2.24) is 10.6 Å². The smallest absolute Gasteiger partial charge is 0.404 e. The number of amides is 3. The van der Waals surface area contributed by atoms with E-state index in [1.54, 1.807) is 18.2 Å². The van der Waals surface area contributed by atoms with Gasteiger partial charge < -0.3 is 21.1 Å². The molecule has 0 aromatic heterocycles. The molecule has 3 amide bonds. The van der Waals surface area contributed by atoms with Crippen molar-refractivity contribution in [2.24, 2.45) is 0 Å². The number of carbonyl (C=O) groups is 3. The van der Waals surface area contributed by atoms with E-state index in [-0.39, 0.29) is 28.7 Å². The number of anilines is 2. The number of benzene rings is 3. The standard InChI is InChI=1S/C31H35ClN4O6S/c32-23-11-7-15-27(18-23)36(21-30(38)33-24-12-5-2-6-13-24)43(41,42)28-16-8-14-25(19-28)34-29(37)20-26(35-31(39)40)17-22-9-3-1-4-10-22/h1,3-4,7-11,14-16,18-19,24,26,35H,2,5-6,12-13,17,20-21H2,(H,33,38)(H,34,37)(H,39,40). The summed E-state index contributed by atoms with van der Waals surface area (Å²) in [7, 11) is -4.27. The summed E-state index contributed by atoms with van der Waals surface area (Å²) < 4.78 is 28.9. The van der Waals surface area contributed by atoms with Crippen LogP contribution in [0.1, 0.15) is 44.1 Å². The Bertz CT molecular complexity index is 1530. The normalized spacial score (nSPS) is 14.3. The zero-order valence-corrected chi connectivity index (χ0v) is 25.1. The topological polar surface area (TPSA) is 145 Å². The summed E-state index contributed by atoms with van der Waals surface area (Å²) >= 11 is 6.17. The molecule has 1 unspecified atom stereocenters. The molecule has 43 heavy (non-hydrogen) atoms. The molecule has 4 N–H and O–H groups in total. The lowest BCUT2D eigenvalue weighted by Crippen LogP contribution is -2.45. The summed E-state index contributed by atoms with van der Waals surface area (Å²) in [4.78, 5) is 37.1. The SMILES string of the molecule is O=C(O)NC(CC(=O)Nc1cccc(S(=O)(=O)N(CC(=O)NC2CCCCC2)c2cccc(Cl)c2)c1)Cc1ccccc1. The van der Waals surface area contributed by atoms with Crippen LogP contribution in [0.25, 0.3) is 0 Å². The first kappa shape index (κ1) is 31.8. The zero-order valence-electron chi connectivity index (χ0n) is 23.5. The summed E-state index contributed by atoms with van der Waals surface area (Å²) in [6, 6.07) is 20.4. The van der Waals surface area contributed by atoms with Crippen molar-refractivity contribution in [3.05, 3.63) is 89.4 Å². The van der Waals surface area contributed by atoms with Gasteiger partial charge in [-0.3, -0.25) is 13.9 Å². The summed E-state index contributed by atoms with van der Waals surface area (Å²) in [6.45, 7) is -0.447. The van der Waals surface area contributed by atoms with Crippen LogP contribution in [-0.2, 0) is 26.0 Å². The third kappa shape index (κ3) is 9.45. The Morgan fingerprint density at radius 2 is 1.63 bits per heavy atom. The van der Waals surface area contributed by atoms with E-state index in [0.717, 1.165) is 42.0 Å². The monoisotopic (exact) mass is 626 g/mol. The van der Waals surface area contributed by atoms with E-state index in [4.69, 9.17) is 11.6 Å². The highest BCUT2D eigenvalue weighted by atomic mass is 35.5. The predicted octanol–water partition coefficient (Wildman–Crippen LogP) is 5.19. The quantitative estimate of drug-likeness (QED) is 0.218. The molecule has 0 bridgehead atoms. The van der Waals surface area contributed by atoms with Crippen molar-refractivity contribution in [2.75, 3.05) is 16.2 Å². The molecule has 1 saturated carbocycles. The number of hydrogen-bond donors (Lipinski definition) is 4. The van der Waals surface area contributed by atoms with Gasteiger partial charge in [0, 0.05) is 29.2 Å². The first-order valence-electron chi connectivity index (χ1n) is 14.1. The minimum atomic E-state index is -4.27. The van der Waals surface area contributed by atoms with Crippen LogP contribution in [0.5, 0.6) is 0 Å². The molecular formula is C31H35ClN4O6S. The van der Waals surface area contributed by atoms with Crippen molar-refractivity contribution in [3.8, 4) is 0 Å². The zero-order chi connectivity index (χ0) is 30.8. The van der Waals surface area contributed by atoms with Crippen LogP contribution in [-0.4, -0.2) is 50.1 Å². The maximum atomic E-state index is 13.9. The second-order valence-electron chi connectivity index (χ2n) is 10.5. The van der Waals surface area contributed by atoms with E-state index in [1.165, 1.54) is 30.3 Å². The second-order valence-corrected chi connectivity index (χ2v) is 12.8. The highest BCUT2D eigenvalue weighted by molar-refractivity contribution is 7.92. The van der Waals surface area contributed by atoms with Gasteiger partial charge in [-0.1, -0.05) is 73.3 Å². The van der Waals surface area contributed by atoms with E-state index in [9.17, 15) is 27.9 Å². The minimum absolute atomic E-state index is 0.00467. The molecule has 0 spiro atoms. The fraction of sp³-hybridized carbons (Fsp3) is 0.323. The molecule has 0 heterocycles. The van der Waals surface area contributed by atoms with Crippen molar-refractivity contribution in [3.63, 3.8) is 0 Å². The molecule has 12 heteroatoms. The summed E-state index contributed by atoms with van der Waals surface area (Å²) in [6.07, 6.45) is 3.72. The molecule has 1 aliphatic carbocycles. The number of carbonyl (C=O) groups excluding carboxylic acids is 2. The Labute approximate surface area is 256 Å². The Kier molecular flexibility index (Phi) is 11.0. The largest absolute Gasteiger partial charge is 0.465 e. The number of hydrogen-bond acceptors (Lipinski definition) is 5. The van der Waals surface area contributed by atoms with Crippen LogP contribution in [0, 0.1) is 0 Å². The third-order valence-corrected chi connectivity index (χ3v) is 9.15. The first-order chi connectivity index (χ1) is 20.6. The third-order valence-electron chi connectivity index (χ3n) is 7.14. The van der Waals surface area contributed by atoms with Gasteiger partial charge in [-0.05, 0) is 61.2 Å². The number of nitrogens with one attached hydrogen (secondary N) is 3. The molecule has 3 aromatic rings. The molecule has 228 valence electrons. The van der Waals surface area contributed by atoms with E-state index in [1.807, 2.05) is 30.3 Å². The average Bonchev–Trinajstić information content (AvgIpc) is 2.96. The van der Waals surface area contributed by atoms with Gasteiger partial charge in [-0.25, -0.2) is 13.2 Å². The lowest BCUT2D eigenvalue weighted by molar-refractivity contribution is -0.120. The molecule has 0 aliphatic heterocycles. The van der Waals surface area contributed by atoms with Crippen LogP contribution in [0.15, 0.2) is 83.8 Å². The molecule has 0 saturated heterocycles. The Morgan fingerprint density at radius 1 is 0.907 bits per heavy atom. The lowest BCUT2D eigenvalue weighted by atomic mass is 9.95. The van der Waals surface area contributed by atoms with Crippen LogP contribution in [0.3, 0.4) is 0 Å². The fourth-order valence-electron chi connectivity index (χ4n) is 5.14. The van der Waals surface area contributed by atoms with Crippen molar-refractivity contribution >= 4 is 50.9 Å². The summed E-state index contributed by atoms with van der Waals surface area (Å²) in [5.41, 5.74) is 1.29. The van der Waals surface area contributed by atoms with Crippen LogP contribution in [0.4, 0.5) is 16.2 Å². The van der Waals surface area contributed by atoms with Crippen LogP contribution < -0.4 is 20.3 Å². The first-order valence-corrected chi connectivity index (χ1v) is 15.9. The highest BCUT2D eigenvalue weighted by Gasteiger charge is 2.29. The van der Waals surface area contributed by atoms with Gasteiger partial charge in [0.15, 0.2) is 0 Å². The number of carboxylic acid groups (broad SMARTS) is 1. The fourth-order valence-corrected chi connectivity index (χ4v) is 6.79. The number of nitrogens with zero attached hydrogens (tertiary/aromatic N) is 1. The van der Waals surface area contributed by atoms with Crippen molar-refractivity contribution < 1.29 is 27.9 Å². The Balaban J connectivity index is 1.52. The van der Waals surface area contributed by atoms with E-state index >= 15 is 0 Å². The minimum Gasteiger partial charge on any atom is -0.465 e. The van der Waals surface area contributed by atoms with Crippen molar-refractivity contribution in [2.45, 2.75) is 61.9 Å². The lowest BCUT2D eigenvalue weighted by Gasteiger charge is -2.27. The molecule has 10 nitrogen and oxygen atoms in total. The number of halogens is 1. The molecule has 1 fully saturated rings. The molecule has 0 radical (unpaired) electrons. The van der Waals surface area contributed by atoms with Gasteiger partial charge in [-0.15, -0.1) is 0 Å². The second kappa shape index (κ2) is 14.9. The van der Waals surface area contributed by atoms with Gasteiger partial charge in [0.25, 0.3) is 10.0 Å². The summed E-state index contributed by atoms with van der Waals surface area (Å²) in [5.74, 6) is -0.918. The van der Waals surface area contributed by atoms with Gasteiger partial charge in [-0.2, -0.15) is 0 Å². The Morgan fingerprint density at radius 3 is 2.33 bits per heavy atom. The highest BCUT2D eigenvalue weighted by Crippen LogP contribution is 2.28. The molecule has 1 aliphatic rings. The van der Waals surface area contributed by atoms with Crippen LogP contribution >= 0.6 is 11.6 Å². The molecule has 3 aromatic carbocycles. The molecule has 1 atom stereocenters. The van der Waals surface area contributed by atoms with E-state index < -0.39 is 40.5 Å². The van der Waals surface area contributed by atoms with Gasteiger partial charge in [0.2, 0.25) is 11.8 Å². The predicted molar refractivity (Wildman–Crippen MR) is 166 cm³/mol. The van der Waals surface area contributed by atoms with E-state index in [2.05, 4.69) is 16.0 Å². The van der Waals surface area contributed by atoms with Gasteiger partial charge in [0.05, 0.1) is 10.6 Å². The summed E-state index contributed by atoms with van der Waals surface area (Å²) in [5, 5.41) is 17.6. The molecular weight excluding hydrogens is 592 g/mol. The maximum Gasteiger partial charge on any atom is 0.404 e. The van der Waals surface area contributed by atoms with E-state index in [0.29, 0.717) is 11.4 Å². The number of sulfonamides is 1. The number of rotatable bonds is 12. The molecule has 4 rings (SSSR count). The maximum absolute atomic E-state index is 13.9. The van der Waals surface area contributed by atoms with Crippen molar-refractivity contribution in [1.29, 1.82) is 0 Å². The average molecular weight is 627 g/mol. The van der Waals surface area contributed by atoms with Crippen LogP contribution in [0.2, 0.25) is 5.02 Å². The Hall–Kier alpha value is -4.09. The van der Waals surface area contributed by atoms with Gasteiger partial charge in [0.1, 0.15) is 6.54 Å². The van der Waals surface area contributed by atoms with Gasteiger partial charge >= 0.3 is 6.09 Å².